The zero-order valence-electron chi connectivity index (χ0n) is 17.6. The van der Waals surface area contributed by atoms with Gasteiger partial charge in [0.25, 0.3) is 11.6 Å². The average molecular weight is 482 g/mol. The summed E-state index contributed by atoms with van der Waals surface area (Å²) in [6, 6.07) is 10.6. The van der Waals surface area contributed by atoms with E-state index in [0.29, 0.717) is 0 Å². The predicted molar refractivity (Wildman–Crippen MR) is 120 cm³/mol. The quantitative estimate of drug-likeness (QED) is 0.304. The molecule has 0 heterocycles. The van der Waals surface area contributed by atoms with Gasteiger partial charge in [0.15, 0.2) is 9.84 Å². The molecule has 2 N–H and O–H groups in total. The standard InChI is InChI=1S/C21H24ClN3O6S/c1-14(2)19(24-20(26)17-10-9-15(25(28)29)13-18(17)22)21(27)23-11-6-12-32(30,31)16-7-4-3-5-8-16/h3-5,7-10,13-14,19H,6,11-12H2,1-2H3,(H,23,27)(H,24,26). The monoisotopic (exact) mass is 481 g/mol. The fraction of sp³-hybridized carbons (Fsp3) is 0.333. The molecule has 2 rings (SSSR count). The summed E-state index contributed by atoms with van der Waals surface area (Å²) < 4.78 is 24.6. The van der Waals surface area contributed by atoms with Crippen molar-refractivity contribution in [2.24, 2.45) is 5.92 Å². The summed E-state index contributed by atoms with van der Waals surface area (Å²) in [6.45, 7) is 3.59. The van der Waals surface area contributed by atoms with Crippen molar-refractivity contribution in [2.75, 3.05) is 12.3 Å². The first-order valence-corrected chi connectivity index (χ1v) is 11.9. The average Bonchev–Trinajstić information content (AvgIpc) is 2.75. The molecule has 0 bridgehead atoms. The summed E-state index contributed by atoms with van der Waals surface area (Å²) in [5.41, 5.74) is -0.250. The van der Waals surface area contributed by atoms with E-state index in [1.807, 2.05) is 0 Å². The number of nitrogens with one attached hydrogen (secondary N) is 2. The first-order chi connectivity index (χ1) is 15.0. The second kappa shape index (κ2) is 11.1. The highest BCUT2D eigenvalue weighted by Crippen LogP contribution is 2.22. The van der Waals surface area contributed by atoms with E-state index in [1.54, 1.807) is 32.0 Å². The van der Waals surface area contributed by atoms with Crippen LogP contribution in [0.15, 0.2) is 53.4 Å². The van der Waals surface area contributed by atoms with Crippen molar-refractivity contribution in [1.82, 2.24) is 10.6 Å². The van der Waals surface area contributed by atoms with E-state index < -0.39 is 32.6 Å². The number of halogens is 1. The van der Waals surface area contributed by atoms with Gasteiger partial charge in [-0.15, -0.1) is 0 Å². The largest absolute Gasteiger partial charge is 0.354 e. The zero-order valence-corrected chi connectivity index (χ0v) is 19.2. The smallest absolute Gasteiger partial charge is 0.270 e. The molecule has 172 valence electrons. The molecule has 0 aromatic heterocycles. The lowest BCUT2D eigenvalue weighted by Crippen LogP contribution is -2.50. The van der Waals surface area contributed by atoms with Gasteiger partial charge in [0.2, 0.25) is 5.91 Å². The maximum atomic E-state index is 12.6. The van der Waals surface area contributed by atoms with Crippen LogP contribution in [0.5, 0.6) is 0 Å². The van der Waals surface area contributed by atoms with E-state index in [0.717, 1.165) is 12.1 Å². The highest BCUT2D eigenvalue weighted by atomic mass is 35.5. The molecule has 0 fully saturated rings. The molecule has 0 aliphatic rings. The number of sulfone groups is 1. The van der Waals surface area contributed by atoms with Crippen molar-refractivity contribution in [3.63, 3.8) is 0 Å². The van der Waals surface area contributed by atoms with Gasteiger partial charge in [-0.2, -0.15) is 0 Å². The fourth-order valence-corrected chi connectivity index (χ4v) is 4.48. The minimum absolute atomic E-state index is 0.00433. The Morgan fingerprint density at radius 2 is 1.78 bits per heavy atom. The summed E-state index contributed by atoms with van der Waals surface area (Å²) >= 11 is 5.98. The maximum absolute atomic E-state index is 12.6. The Morgan fingerprint density at radius 3 is 2.34 bits per heavy atom. The molecule has 2 aromatic rings. The van der Waals surface area contributed by atoms with Crippen LogP contribution in [0.1, 0.15) is 30.6 Å². The van der Waals surface area contributed by atoms with Crippen molar-refractivity contribution < 1.29 is 22.9 Å². The summed E-state index contributed by atoms with van der Waals surface area (Å²) in [6.07, 6.45) is 0.204. The topological polar surface area (TPSA) is 135 Å². The number of carbonyl (C=O) groups excluding carboxylic acids is 2. The lowest BCUT2D eigenvalue weighted by Gasteiger charge is -2.22. The molecule has 0 aliphatic carbocycles. The van der Waals surface area contributed by atoms with Crippen molar-refractivity contribution in [3.8, 4) is 0 Å². The van der Waals surface area contributed by atoms with E-state index in [1.165, 1.54) is 18.2 Å². The summed E-state index contributed by atoms with van der Waals surface area (Å²) in [5.74, 6) is -1.52. The van der Waals surface area contributed by atoms with Gasteiger partial charge in [0.05, 0.1) is 26.2 Å². The number of non-ortho nitro benzene ring substituents is 1. The van der Waals surface area contributed by atoms with Crippen LogP contribution in [0.25, 0.3) is 0 Å². The molecule has 0 aliphatic heterocycles. The van der Waals surface area contributed by atoms with Crippen molar-refractivity contribution in [3.05, 3.63) is 69.2 Å². The summed E-state index contributed by atoms with van der Waals surface area (Å²) in [5, 5.41) is 15.9. The third-order valence-corrected chi connectivity index (χ3v) is 6.76. The van der Waals surface area contributed by atoms with Gasteiger partial charge in [-0.05, 0) is 30.5 Å². The second-order valence-corrected chi connectivity index (χ2v) is 9.91. The van der Waals surface area contributed by atoms with Crippen LogP contribution in [-0.4, -0.2) is 43.5 Å². The van der Waals surface area contributed by atoms with Gasteiger partial charge >= 0.3 is 0 Å². The minimum atomic E-state index is -3.45. The van der Waals surface area contributed by atoms with Crippen molar-refractivity contribution in [1.29, 1.82) is 0 Å². The van der Waals surface area contributed by atoms with E-state index >= 15 is 0 Å². The number of hydrogen-bond acceptors (Lipinski definition) is 6. The third kappa shape index (κ3) is 6.76. The third-order valence-electron chi connectivity index (χ3n) is 4.64. The maximum Gasteiger partial charge on any atom is 0.270 e. The van der Waals surface area contributed by atoms with Gasteiger partial charge in [0.1, 0.15) is 6.04 Å². The first-order valence-electron chi connectivity index (χ1n) is 9.83. The summed E-state index contributed by atoms with van der Waals surface area (Å²) in [4.78, 5) is 35.5. The van der Waals surface area contributed by atoms with Gasteiger partial charge in [-0.3, -0.25) is 19.7 Å². The van der Waals surface area contributed by atoms with Crippen LogP contribution in [0.3, 0.4) is 0 Å². The van der Waals surface area contributed by atoms with Crippen molar-refractivity contribution >= 4 is 38.9 Å². The number of benzene rings is 2. The highest BCUT2D eigenvalue weighted by molar-refractivity contribution is 7.91. The molecule has 1 unspecified atom stereocenters. The number of nitro benzene ring substituents is 1. The lowest BCUT2D eigenvalue weighted by molar-refractivity contribution is -0.384. The van der Waals surface area contributed by atoms with E-state index in [4.69, 9.17) is 11.6 Å². The van der Waals surface area contributed by atoms with Gasteiger partial charge < -0.3 is 10.6 Å². The normalized spacial score (nSPS) is 12.2. The molecule has 2 amide bonds. The molecule has 0 radical (unpaired) electrons. The number of hydrogen-bond donors (Lipinski definition) is 2. The number of carbonyl (C=O) groups is 2. The molecule has 0 spiro atoms. The Morgan fingerprint density at radius 1 is 1.12 bits per heavy atom. The molecule has 32 heavy (non-hydrogen) atoms. The van der Waals surface area contributed by atoms with Crippen LogP contribution in [0.2, 0.25) is 5.02 Å². The van der Waals surface area contributed by atoms with Crippen LogP contribution >= 0.6 is 11.6 Å². The molecule has 11 heteroatoms. The molecular weight excluding hydrogens is 458 g/mol. The lowest BCUT2D eigenvalue weighted by atomic mass is 10.0. The molecule has 9 nitrogen and oxygen atoms in total. The molecule has 0 saturated carbocycles. The number of amides is 2. The Hall–Kier alpha value is -2.98. The SMILES string of the molecule is CC(C)C(NC(=O)c1ccc([N+](=O)[O-])cc1Cl)C(=O)NCCCS(=O)(=O)c1ccccc1. The van der Waals surface area contributed by atoms with Crippen LogP contribution in [0, 0.1) is 16.0 Å². The predicted octanol–water partition coefficient (Wildman–Crippen LogP) is 2.98. The highest BCUT2D eigenvalue weighted by Gasteiger charge is 2.26. The number of nitro groups is 1. The molecular formula is C21H24ClN3O6S. The number of rotatable bonds is 10. The van der Waals surface area contributed by atoms with Crippen LogP contribution in [-0.2, 0) is 14.6 Å². The Kier molecular flexibility index (Phi) is 8.73. The van der Waals surface area contributed by atoms with E-state index in [-0.39, 0.29) is 45.8 Å². The number of nitrogens with zero attached hydrogens (tertiary/aromatic N) is 1. The minimum Gasteiger partial charge on any atom is -0.354 e. The second-order valence-electron chi connectivity index (χ2n) is 7.39. The van der Waals surface area contributed by atoms with Gasteiger partial charge in [0, 0.05) is 18.7 Å². The van der Waals surface area contributed by atoms with E-state index in [9.17, 15) is 28.1 Å². The molecule has 2 aromatic carbocycles. The van der Waals surface area contributed by atoms with Gasteiger partial charge in [-0.1, -0.05) is 43.6 Å². The molecule has 0 saturated heterocycles. The van der Waals surface area contributed by atoms with E-state index in [2.05, 4.69) is 10.6 Å². The first kappa shape index (κ1) is 25.3. The zero-order chi connectivity index (χ0) is 23.9. The Balaban J connectivity index is 1.95. The van der Waals surface area contributed by atoms with Gasteiger partial charge in [-0.25, -0.2) is 8.42 Å². The Bertz CT molecular complexity index is 1090. The van der Waals surface area contributed by atoms with Crippen LogP contribution in [0.4, 0.5) is 5.69 Å². The van der Waals surface area contributed by atoms with Crippen LogP contribution < -0.4 is 10.6 Å². The molecule has 1 atom stereocenters. The fourth-order valence-electron chi connectivity index (χ4n) is 2.89. The Labute approximate surface area is 191 Å². The van der Waals surface area contributed by atoms with Crippen molar-refractivity contribution in [2.45, 2.75) is 31.2 Å². The summed E-state index contributed by atoms with van der Waals surface area (Å²) in [7, 11) is -3.45.